The predicted molar refractivity (Wildman–Crippen MR) is 68.8 cm³/mol. The third-order valence-corrected chi connectivity index (χ3v) is 2.85. The van der Waals surface area contributed by atoms with Gasteiger partial charge in [-0.25, -0.2) is 0 Å². The summed E-state index contributed by atoms with van der Waals surface area (Å²) in [7, 11) is 0. The first kappa shape index (κ1) is 16.0. The van der Waals surface area contributed by atoms with Crippen LogP contribution in [0.4, 0.5) is 13.2 Å². The Bertz CT molecular complexity index is 416. The average molecular weight is 275 g/mol. The molecule has 0 aliphatic heterocycles. The number of hydrogen-bond acceptors (Lipinski definition) is 2. The van der Waals surface area contributed by atoms with E-state index in [2.05, 4.69) is 5.32 Å². The van der Waals surface area contributed by atoms with Crippen molar-refractivity contribution in [3.05, 3.63) is 34.9 Å². The highest BCUT2D eigenvalue weighted by atomic mass is 19.4. The van der Waals surface area contributed by atoms with E-state index in [-0.39, 0.29) is 0 Å². The van der Waals surface area contributed by atoms with Gasteiger partial charge in [-0.2, -0.15) is 13.2 Å². The molecule has 0 aliphatic rings. The molecule has 5 heteroatoms. The van der Waals surface area contributed by atoms with Gasteiger partial charge in [0, 0.05) is 6.54 Å². The first-order valence-corrected chi connectivity index (χ1v) is 6.28. The van der Waals surface area contributed by atoms with Crippen molar-refractivity contribution in [3.8, 4) is 0 Å². The van der Waals surface area contributed by atoms with Crippen LogP contribution in [0.25, 0.3) is 0 Å². The van der Waals surface area contributed by atoms with Gasteiger partial charge in [-0.1, -0.05) is 19.9 Å². The summed E-state index contributed by atoms with van der Waals surface area (Å²) >= 11 is 0. The van der Waals surface area contributed by atoms with Crippen molar-refractivity contribution >= 4 is 0 Å². The molecule has 0 fully saturated rings. The number of alkyl halides is 3. The number of halogens is 3. The SMILES string of the molecule is Cc1cc(C(F)(F)F)ccc1C(O)CNCC(C)C. The summed E-state index contributed by atoms with van der Waals surface area (Å²) in [5.74, 6) is 0.459. The summed E-state index contributed by atoms with van der Waals surface area (Å²) in [6, 6.07) is 3.43. The Morgan fingerprint density at radius 1 is 1.21 bits per heavy atom. The maximum atomic E-state index is 12.5. The number of nitrogens with one attached hydrogen (secondary N) is 1. The van der Waals surface area contributed by atoms with Crippen LogP contribution in [0.5, 0.6) is 0 Å². The molecule has 0 aliphatic carbocycles. The van der Waals surface area contributed by atoms with Gasteiger partial charge in [0.05, 0.1) is 11.7 Å². The highest BCUT2D eigenvalue weighted by Gasteiger charge is 2.30. The highest BCUT2D eigenvalue weighted by molar-refractivity contribution is 5.34. The van der Waals surface area contributed by atoms with Gasteiger partial charge in [-0.05, 0) is 42.6 Å². The van der Waals surface area contributed by atoms with Crippen LogP contribution in [0.3, 0.4) is 0 Å². The lowest BCUT2D eigenvalue weighted by molar-refractivity contribution is -0.137. The largest absolute Gasteiger partial charge is 0.416 e. The second kappa shape index (κ2) is 6.39. The molecule has 1 unspecified atom stereocenters. The van der Waals surface area contributed by atoms with Crippen LogP contribution in [-0.2, 0) is 6.18 Å². The molecule has 1 aromatic rings. The number of aryl methyl sites for hydroxylation is 1. The Labute approximate surface area is 111 Å². The van der Waals surface area contributed by atoms with Crippen molar-refractivity contribution in [1.82, 2.24) is 5.32 Å². The van der Waals surface area contributed by atoms with Crippen LogP contribution < -0.4 is 5.32 Å². The van der Waals surface area contributed by atoms with Gasteiger partial charge in [-0.15, -0.1) is 0 Å². The monoisotopic (exact) mass is 275 g/mol. The molecule has 0 radical (unpaired) electrons. The van der Waals surface area contributed by atoms with Crippen LogP contribution in [0.2, 0.25) is 0 Å². The zero-order valence-corrected chi connectivity index (χ0v) is 11.4. The summed E-state index contributed by atoms with van der Waals surface area (Å²) in [4.78, 5) is 0. The molecule has 1 aromatic carbocycles. The van der Waals surface area contributed by atoms with Crippen molar-refractivity contribution in [2.24, 2.45) is 5.92 Å². The Morgan fingerprint density at radius 2 is 1.84 bits per heavy atom. The van der Waals surface area contributed by atoms with E-state index < -0.39 is 17.8 Å². The molecule has 2 N–H and O–H groups in total. The van der Waals surface area contributed by atoms with Crippen LogP contribution in [0.15, 0.2) is 18.2 Å². The Balaban J connectivity index is 2.73. The van der Waals surface area contributed by atoms with Gasteiger partial charge >= 0.3 is 6.18 Å². The standard InChI is InChI=1S/C14H20F3NO/c1-9(2)7-18-8-13(19)12-5-4-11(6-10(12)3)14(15,16)17/h4-6,9,13,18-19H,7-8H2,1-3H3. The van der Waals surface area contributed by atoms with Crippen molar-refractivity contribution in [3.63, 3.8) is 0 Å². The molecule has 108 valence electrons. The van der Waals surface area contributed by atoms with Crippen LogP contribution in [-0.4, -0.2) is 18.2 Å². The average Bonchev–Trinajstić information content (AvgIpc) is 2.26. The van der Waals surface area contributed by atoms with E-state index in [1.54, 1.807) is 6.92 Å². The van der Waals surface area contributed by atoms with Gasteiger partial charge in [0.15, 0.2) is 0 Å². The number of hydrogen-bond donors (Lipinski definition) is 2. The van der Waals surface area contributed by atoms with Crippen molar-refractivity contribution in [2.45, 2.75) is 33.1 Å². The molecule has 0 heterocycles. The fourth-order valence-corrected chi connectivity index (χ4v) is 1.84. The summed E-state index contributed by atoms with van der Waals surface area (Å²) in [6.45, 7) is 6.77. The topological polar surface area (TPSA) is 32.3 Å². The molecule has 19 heavy (non-hydrogen) atoms. The summed E-state index contributed by atoms with van der Waals surface area (Å²) in [5, 5.41) is 13.0. The van der Waals surface area contributed by atoms with Crippen LogP contribution >= 0.6 is 0 Å². The minimum Gasteiger partial charge on any atom is -0.387 e. The number of rotatable bonds is 5. The number of benzene rings is 1. The first-order chi connectivity index (χ1) is 8.71. The fourth-order valence-electron chi connectivity index (χ4n) is 1.84. The fraction of sp³-hybridized carbons (Fsp3) is 0.571. The van der Waals surface area contributed by atoms with Crippen LogP contribution in [0, 0.1) is 12.8 Å². The van der Waals surface area contributed by atoms with E-state index in [4.69, 9.17) is 0 Å². The molecule has 0 saturated heterocycles. The summed E-state index contributed by atoms with van der Waals surface area (Å²) < 4.78 is 37.6. The Kier molecular flexibility index (Phi) is 5.38. The van der Waals surface area contributed by atoms with E-state index in [0.29, 0.717) is 23.6 Å². The summed E-state index contributed by atoms with van der Waals surface area (Å²) in [6.07, 6.45) is -5.13. The van der Waals surface area contributed by atoms with E-state index in [0.717, 1.165) is 18.7 Å². The predicted octanol–water partition coefficient (Wildman–Crippen LogP) is 3.29. The molecule has 0 saturated carbocycles. The maximum absolute atomic E-state index is 12.5. The quantitative estimate of drug-likeness (QED) is 0.864. The zero-order chi connectivity index (χ0) is 14.6. The van der Waals surface area contributed by atoms with Crippen molar-refractivity contribution in [2.75, 3.05) is 13.1 Å². The van der Waals surface area contributed by atoms with Gasteiger partial charge in [-0.3, -0.25) is 0 Å². The summed E-state index contributed by atoms with van der Waals surface area (Å²) in [5.41, 5.74) is 0.300. The number of aliphatic hydroxyl groups excluding tert-OH is 1. The normalized spacial score (nSPS) is 13.9. The molecule has 1 rings (SSSR count). The third kappa shape index (κ3) is 4.84. The molecule has 0 amide bonds. The second-order valence-electron chi connectivity index (χ2n) is 5.14. The van der Waals surface area contributed by atoms with E-state index >= 15 is 0 Å². The molecule has 1 atom stereocenters. The molecule has 0 bridgehead atoms. The lowest BCUT2D eigenvalue weighted by Crippen LogP contribution is -2.25. The molecule has 0 spiro atoms. The molecule has 2 nitrogen and oxygen atoms in total. The Hall–Kier alpha value is -1.07. The zero-order valence-electron chi connectivity index (χ0n) is 11.4. The van der Waals surface area contributed by atoms with Gasteiger partial charge in [0.25, 0.3) is 0 Å². The van der Waals surface area contributed by atoms with E-state index in [1.165, 1.54) is 6.07 Å². The van der Waals surface area contributed by atoms with E-state index in [1.807, 2.05) is 13.8 Å². The molecular weight excluding hydrogens is 255 g/mol. The minimum absolute atomic E-state index is 0.338. The Morgan fingerprint density at radius 3 is 2.32 bits per heavy atom. The second-order valence-corrected chi connectivity index (χ2v) is 5.14. The first-order valence-electron chi connectivity index (χ1n) is 6.28. The maximum Gasteiger partial charge on any atom is 0.416 e. The van der Waals surface area contributed by atoms with Gasteiger partial charge in [0.1, 0.15) is 0 Å². The lowest BCUT2D eigenvalue weighted by atomic mass is 10.00. The molecular formula is C14H20F3NO. The van der Waals surface area contributed by atoms with Gasteiger partial charge in [0.2, 0.25) is 0 Å². The van der Waals surface area contributed by atoms with Crippen LogP contribution in [0.1, 0.15) is 36.6 Å². The third-order valence-electron chi connectivity index (χ3n) is 2.85. The van der Waals surface area contributed by atoms with Crippen molar-refractivity contribution in [1.29, 1.82) is 0 Å². The van der Waals surface area contributed by atoms with E-state index in [9.17, 15) is 18.3 Å². The smallest absolute Gasteiger partial charge is 0.387 e. The highest BCUT2D eigenvalue weighted by Crippen LogP contribution is 2.31. The lowest BCUT2D eigenvalue weighted by Gasteiger charge is -2.17. The number of aliphatic hydroxyl groups is 1. The molecule has 0 aromatic heterocycles. The van der Waals surface area contributed by atoms with Crippen molar-refractivity contribution < 1.29 is 18.3 Å². The van der Waals surface area contributed by atoms with Gasteiger partial charge < -0.3 is 10.4 Å². The minimum atomic E-state index is -4.34.